The summed E-state index contributed by atoms with van der Waals surface area (Å²) in [5.74, 6) is 2.46. The van der Waals surface area contributed by atoms with Crippen molar-refractivity contribution in [2.45, 2.75) is 25.3 Å². The minimum absolute atomic E-state index is 0.115. The number of anilines is 1. The SMILES string of the molecule is COc1ccc(-c2nc3sc4c(N)cccc4c3c(=O)n2Cc2cnco2)c(C2CC2)c1. The van der Waals surface area contributed by atoms with Crippen LogP contribution in [0, 0.1) is 0 Å². The van der Waals surface area contributed by atoms with Crippen LogP contribution in [0.25, 0.3) is 31.7 Å². The maximum Gasteiger partial charge on any atom is 0.263 e. The Bertz CT molecular complexity index is 1530. The highest BCUT2D eigenvalue weighted by Gasteiger charge is 2.29. The van der Waals surface area contributed by atoms with Crippen molar-refractivity contribution in [1.29, 1.82) is 0 Å². The zero-order valence-electron chi connectivity index (χ0n) is 17.4. The first-order chi connectivity index (χ1) is 15.6. The van der Waals surface area contributed by atoms with Crippen LogP contribution in [0.15, 0.2) is 58.2 Å². The van der Waals surface area contributed by atoms with Gasteiger partial charge in [-0.25, -0.2) is 9.97 Å². The molecule has 7 nitrogen and oxygen atoms in total. The van der Waals surface area contributed by atoms with Gasteiger partial charge in [0, 0.05) is 16.6 Å². The van der Waals surface area contributed by atoms with E-state index in [1.54, 1.807) is 17.9 Å². The Labute approximate surface area is 187 Å². The second-order valence-electron chi connectivity index (χ2n) is 8.03. The number of methoxy groups -OCH3 is 1. The molecule has 0 radical (unpaired) electrons. The Morgan fingerprint density at radius 3 is 2.91 bits per heavy atom. The van der Waals surface area contributed by atoms with Gasteiger partial charge in [-0.15, -0.1) is 11.3 Å². The summed E-state index contributed by atoms with van der Waals surface area (Å²) in [6.45, 7) is 0.243. The molecule has 0 amide bonds. The van der Waals surface area contributed by atoms with Gasteiger partial charge >= 0.3 is 0 Å². The largest absolute Gasteiger partial charge is 0.497 e. The summed E-state index contributed by atoms with van der Waals surface area (Å²) in [4.78, 5) is 23.6. The molecule has 0 saturated heterocycles. The predicted octanol–water partition coefficient (Wildman–Crippen LogP) is 4.78. The first-order valence-electron chi connectivity index (χ1n) is 10.4. The van der Waals surface area contributed by atoms with Crippen LogP contribution in [0.2, 0.25) is 0 Å². The topological polar surface area (TPSA) is 96.2 Å². The average molecular weight is 445 g/mol. The van der Waals surface area contributed by atoms with Crippen molar-refractivity contribution in [2.24, 2.45) is 0 Å². The van der Waals surface area contributed by atoms with Crippen molar-refractivity contribution in [3.8, 4) is 17.1 Å². The Balaban J connectivity index is 1.68. The first-order valence-corrected chi connectivity index (χ1v) is 11.2. The van der Waals surface area contributed by atoms with Crippen molar-refractivity contribution in [2.75, 3.05) is 12.8 Å². The molecule has 0 spiro atoms. The van der Waals surface area contributed by atoms with Gasteiger partial charge in [0.15, 0.2) is 6.39 Å². The summed E-state index contributed by atoms with van der Waals surface area (Å²) in [5, 5.41) is 1.42. The number of fused-ring (bicyclic) bond motifs is 3. The monoisotopic (exact) mass is 444 g/mol. The number of aromatic nitrogens is 3. The molecule has 0 bridgehead atoms. The Morgan fingerprint density at radius 2 is 2.16 bits per heavy atom. The van der Waals surface area contributed by atoms with E-state index in [0.717, 1.165) is 39.8 Å². The highest BCUT2D eigenvalue weighted by atomic mass is 32.1. The lowest BCUT2D eigenvalue weighted by atomic mass is 10.0. The molecule has 1 fully saturated rings. The highest BCUT2D eigenvalue weighted by Crippen LogP contribution is 2.46. The predicted molar refractivity (Wildman–Crippen MR) is 125 cm³/mol. The number of hydrogen-bond acceptors (Lipinski definition) is 7. The maximum absolute atomic E-state index is 13.9. The molecule has 2 aromatic carbocycles. The maximum atomic E-state index is 13.9. The molecule has 3 aromatic heterocycles. The Morgan fingerprint density at radius 1 is 1.28 bits per heavy atom. The molecule has 160 valence electrons. The quantitative estimate of drug-likeness (QED) is 0.392. The van der Waals surface area contributed by atoms with Gasteiger partial charge in [-0.05, 0) is 48.6 Å². The molecule has 3 heterocycles. The van der Waals surface area contributed by atoms with E-state index in [0.29, 0.717) is 33.4 Å². The van der Waals surface area contributed by atoms with Crippen molar-refractivity contribution in [3.63, 3.8) is 0 Å². The van der Waals surface area contributed by atoms with Crippen LogP contribution in [-0.2, 0) is 6.54 Å². The van der Waals surface area contributed by atoms with Gasteiger partial charge in [-0.1, -0.05) is 12.1 Å². The van der Waals surface area contributed by atoms with Crippen molar-refractivity contribution in [1.82, 2.24) is 14.5 Å². The number of oxazole rings is 1. The van der Waals surface area contributed by atoms with Crippen LogP contribution in [0.5, 0.6) is 5.75 Å². The van der Waals surface area contributed by atoms with Crippen molar-refractivity contribution >= 4 is 37.3 Å². The standard InChI is InChI=1S/C24H20N4O3S/c1-30-14-7-8-16(18(9-14)13-5-6-13)22-27-23-20(17-3-2-4-19(25)21(17)32-23)24(29)28(22)11-15-10-26-12-31-15/h2-4,7-10,12-13H,5-6,11,25H2,1H3. The molecule has 6 rings (SSSR count). The second kappa shape index (κ2) is 7.20. The van der Waals surface area contributed by atoms with Gasteiger partial charge in [-0.2, -0.15) is 0 Å². The zero-order valence-corrected chi connectivity index (χ0v) is 18.2. The number of hydrogen-bond donors (Lipinski definition) is 1. The molecule has 1 saturated carbocycles. The molecule has 5 aromatic rings. The van der Waals surface area contributed by atoms with Gasteiger partial charge in [0.25, 0.3) is 5.56 Å². The smallest absolute Gasteiger partial charge is 0.263 e. The lowest BCUT2D eigenvalue weighted by Gasteiger charge is -2.15. The van der Waals surface area contributed by atoms with Crippen LogP contribution in [-0.4, -0.2) is 21.6 Å². The molecule has 1 aliphatic carbocycles. The summed E-state index contributed by atoms with van der Waals surface area (Å²) < 4.78 is 13.5. The minimum atomic E-state index is -0.115. The van der Waals surface area contributed by atoms with E-state index < -0.39 is 0 Å². The van der Waals surface area contributed by atoms with Gasteiger partial charge in [0.1, 0.15) is 22.2 Å². The summed E-state index contributed by atoms with van der Waals surface area (Å²) in [7, 11) is 1.66. The van der Waals surface area contributed by atoms with Crippen molar-refractivity contribution in [3.05, 3.63) is 70.7 Å². The van der Waals surface area contributed by atoms with Crippen LogP contribution >= 0.6 is 11.3 Å². The third kappa shape index (κ3) is 2.98. The zero-order chi connectivity index (χ0) is 21.8. The van der Waals surface area contributed by atoms with Gasteiger partial charge in [-0.3, -0.25) is 9.36 Å². The lowest BCUT2D eigenvalue weighted by Crippen LogP contribution is -2.24. The fourth-order valence-corrected chi connectivity index (χ4v) is 5.32. The molecule has 1 aliphatic rings. The number of ether oxygens (including phenoxy) is 1. The van der Waals surface area contributed by atoms with E-state index in [9.17, 15) is 4.79 Å². The van der Waals surface area contributed by atoms with E-state index >= 15 is 0 Å². The molecule has 8 heteroatoms. The summed E-state index contributed by atoms with van der Waals surface area (Å²) in [6, 6.07) is 11.6. The van der Waals surface area contributed by atoms with E-state index in [-0.39, 0.29) is 12.1 Å². The number of nitrogen functional groups attached to an aromatic ring is 1. The van der Waals surface area contributed by atoms with E-state index in [1.165, 1.54) is 17.7 Å². The van der Waals surface area contributed by atoms with Crippen LogP contribution in [0.4, 0.5) is 5.69 Å². The fourth-order valence-electron chi connectivity index (χ4n) is 4.23. The van der Waals surface area contributed by atoms with Gasteiger partial charge in [0.2, 0.25) is 0 Å². The van der Waals surface area contributed by atoms with Crippen LogP contribution in [0.1, 0.15) is 30.1 Å². The van der Waals surface area contributed by atoms with Crippen LogP contribution < -0.4 is 16.0 Å². The average Bonchev–Trinajstić information content (AvgIpc) is 3.38. The van der Waals surface area contributed by atoms with E-state index in [2.05, 4.69) is 11.1 Å². The fraction of sp³-hybridized carbons (Fsp3) is 0.208. The summed E-state index contributed by atoms with van der Waals surface area (Å²) in [5.41, 5.74) is 8.84. The highest BCUT2D eigenvalue weighted by molar-refractivity contribution is 7.26. The first kappa shape index (κ1) is 19.1. The molecule has 0 aliphatic heterocycles. The molecule has 0 unspecified atom stereocenters. The third-order valence-corrected chi connectivity index (χ3v) is 7.11. The number of nitrogens with two attached hydrogens (primary N) is 1. The summed E-state index contributed by atoms with van der Waals surface area (Å²) in [6.07, 6.45) is 5.23. The molecule has 0 atom stereocenters. The molecular formula is C24H20N4O3S. The molecular weight excluding hydrogens is 424 g/mol. The summed E-state index contributed by atoms with van der Waals surface area (Å²) >= 11 is 1.46. The van der Waals surface area contributed by atoms with Gasteiger partial charge in [0.05, 0.1) is 29.9 Å². The number of benzene rings is 2. The minimum Gasteiger partial charge on any atom is -0.497 e. The van der Waals surface area contributed by atoms with Gasteiger partial charge < -0.3 is 14.9 Å². The van der Waals surface area contributed by atoms with E-state index in [1.807, 2.05) is 30.3 Å². The lowest BCUT2D eigenvalue weighted by molar-refractivity contribution is 0.414. The normalized spacial score (nSPS) is 13.8. The molecule has 2 N–H and O–H groups in total. The third-order valence-electron chi connectivity index (χ3n) is 5.96. The Hall–Kier alpha value is -3.65. The Kier molecular flexibility index (Phi) is 4.29. The molecule has 32 heavy (non-hydrogen) atoms. The van der Waals surface area contributed by atoms with Crippen LogP contribution in [0.3, 0.4) is 0 Å². The van der Waals surface area contributed by atoms with Crippen molar-refractivity contribution < 1.29 is 9.15 Å². The second-order valence-corrected chi connectivity index (χ2v) is 9.03. The van der Waals surface area contributed by atoms with E-state index in [4.69, 9.17) is 19.9 Å². The number of thiophene rings is 1. The number of nitrogens with zero attached hydrogens (tertiary/aromatic N) is 3. The number of rotatable bonds is 5.